The molecule has 0 aliphatic rings. The molecule has 0 aromatic carbocycles. The van der Waals surface area contributed by atoms with Crippen molar-refractivity contribution in [2.75, 3.05) is 13.2 Å². The van der Waals surface area contributed by atoms with Crippen LogP contribution in [0, 0.1) is 17.0 Å². The van der Waals surface area contributed by atoms with Crippen LogP contribution in [0.15, 0.2) is 6.07 Å². The fourth-order valence-corrected chi connectivity index (χ4v) is 1.81. The Morgan fingerprint density at radius 2 is 2.19 bits per heavy atom. The van der Waals surface area contributed by atoms with E-state index in [-0.39, 0.29) is 17.8 Å². The van der Waals surface area contributed by atoms with Crippen LogP contribution in [0.4, 0.5) is 5.82 Å². The maximum atomic E-state index is 12.0. The summed E-state index contributed by atoms with van der Waals surface area (Å²) in [4.78, 5) is 22.1. The first kappa shape index (κ1) is 17.1. The molecule has 0 spiro atoms. The van der Waals surface area contributed by atoms with E-state index in [1.165, 1.54) is 10.7 Å². The first-order chi connectivity index (χ1) is 9.82. The first-order valence-corrected chi connectivity index (χ1v) is 6.92. The van der Waals surface area contributed by atoms with Gasteiger partial charge >= 0.3 is 5.82 Å². The van der Waals surface area contributed by atoms with Gasteiger partial charge in [-0.3, -0.25) is 4.79 Å². The molecule has 8 heteroatoms. The lowest BCUT2D eigenvalue weighted by atomic mass is 10.3. The first-order valence-electron chi connectivity index (χ1n) is 6.92. The largest absolute Gasteiger partial charge is 0.390 e. The van der Waals surface area contributed by atoms with Crippen molar-refractivity contribution in [1.82, 2.24) is 15.1 Å². The van der Waals surface area contributed by atoms with E-state index in [0.29, 0.717) is 18.8 Å². The molecule has 118 valence electrons. The molecule has 0 saturated heterocycles. The average molecular weight is 298 g/mol. The number of nitro groups is 1. The van der Waals surface area contributed by atoms with Crippen LogP contribution < -0.4 is 5.32 Å². The molecule has 1 heterocycles. The highest BCUT2D eigenvalue weighted by Gasteiger charge is 2.24. The van der Waals surface area contributed by atoms with E-state index >= 15 is 0 Å². The van der Waals surface area contributed by atoms with Crippen molar-refractivity contribution >= 4 is 11.7 Å². The molecular formula is C13H22N4O4. The maximum Gasteiger partial charge on any atom is 0.390 e. The van der Waals surface area contributed by atoms with Crippen molar-refractivity contribution in [2.24, 2.45) is 0 Å². The summed E-state index contributed by atoms with van der Waals surface area (Å²) in [6, 6.07) is 0.755. The zero-order chi connectivity index (χ0) is 16.0. The molecule has 0 bridgehead atoms. The highest BCUT2D eigenvalue weighted by molar-refractivity contribution is 5.79. The number of hydrogen-bond acceptors (Lipinski definition) is 5. The van der Waals surface area contributed by atoms with Crippen LogP contribution >= 0.6 is 0 Å². The minimum atomic E-state index is -0.593. The van der Waals surface area contributed by atoms with Gasteiger partial charge in [0.05, 0.1) is 23.0 Å². The molecule has 1 unspecified atom stereocenters. The van der Waals surface area contributed by atoms with E-state index in [4.69, 9.17) is 4.74 Å². The van der Waals surface area contributed by atoms with Gasteiger partial charge in [0, 0.05) is 13.2 Å². The monoisotopic (exact) mass is 298 g/mol. The molecule has 0 radical (unpaired) electrons. The number of ether oxygens (including phenoxy) is 1. The molecule has 1 atom stereocenters. The summed E-state index contributed by atoms with van der Waals surface area (Å²) in [5.74, 6) is -0.474. The van der Waals surface area contributed by atoms with E-state index in [1.807, 2.05) is 13.8 Å². The highest BCUT2D eigenvalue weighted by Crippen LogP contribution is 2.15. The van der Waals surface area contributed by atoms with E-state index in [9.17, 15) is 14.9 Å². The average Bonchev–Trinajstić information content (AvgIpc) is 2.79. The predicted octanol–water partition coefficient (Wildman–Crippen LogP) is 1.59. The predicted molar refractivity (Wildman–Crippen MR) is 77.0 cm³/mol. The molecule has 21 heavy (non-hydrogen) atoms. The minimum absolute atomic E-state index is 0.173. The van der Waals surface area contributed by atoms with Gasteiger partial charge in [-0.05, 0) is 39.0 Å². The second kappa shape index (κ2) is 7.72. The SMILES string of the molecule is Cc1cc([N+](=O)[O-])nn1C(C)C(=O)NCCCOC(C)C. The Balaban J connectivity index is 2.49. The molecular weight excluding hydrogens is 276 g/mol. The zero-order valence-electron chi connectivity index (χ0n) is 12.8. The summed E-state index contributed by atoms with van der Waals surface area (Å²) < 4.78 is 6.73. The van der Waals surface area contributed by atoms with Crippen LogP contribution in [0.5, 0.6) is 0 Å². The van der Waals surface area contributed by atoms with Crippen LogP contribution in [0.2, 0.25) is 0 Å². The van der Waals surface area contributed by atoms with E-state index in [1.54, 1.807) is 13.8 Å². The molecule has 1 aromatic heterocycles. The number of rotatable bonds is 8. The van der Waals surface area contributed by atoms with Gasteiger partial charge in [-0.25, -0.2) is 0 Å². The van der Waals surface area contributed by atoms with Gasteiger partial charge in [0.15, 0.2) is 0 Å². The molecule has 1 amide bonds. The lowest BCUT2D eigenvalue weighted by Crippen LogP contribution is -2.33. The topological polar surface area (TPSA) is 99.3 Å². The van der Waals surface area contributed by atoms with Crippen molar-refractivity contribution in [1.29, 1.82) is 0 Å². The number of carbonyl (C=O) groups is 1. The summed E-state index contributed by atoms with van der Waals surface area (Å²) in [7, 11) is 0. The van der Waals surface area contributed by atoms with Crippen LogP contribution in [-0.2, 0) is 9.53 Å². The molecule has 0 aliphatic heterocycles. The van der Waals surface area contributed by atoms with Crippen LogP contribution in [-0.4, -0.2) is 39.9 Å². The molecule has 0 saturated carbocycles. The summed E-state index contributed by atoms with van der Waals surface area (Å²) in [5.41, 5.74) is 0.576. The van der Waals surface area contributed by atoms with Crippen molar-refractivity contribution < 1.29 is 14.5 Å². The van der Waals surface area contributed by atoms with Gasteiger partial charge in [0.2, 0.25) is 5.91 Å². The zero-order valence-corrected chi connectivity index (χ0v) is 12.8. The van der Waals surface area contributed by atoms with Gasteiger partial charge in [-0.15, -0.1) is 0 Å². The van der Waals surface area contributed by atoms with Crippen molar-refractivity contribution in [2.45, 2.75) is 46.3 Å². The fraction of sp³-hybridized carbons (Fsp3) is 0.692. The molecule has 1 rings (SSSR count). The minimum Gasteiger partial charge on any atom is -0.379 e. The smallest absolute Gasteiger partial charge is 0.379 e. The Morgan fingerprint density at radius 3 is 2.71 bits per heavy atom. The molecule has 0 fully saturated rings. The number of hydrogen-bond donors (Lipinski definition) is 1. The lowest BCUT2D eigenvalue weighted by molar-refractivity contribution is -0.389. The number of aryl methyl sites for hydroxylation is 1. The van der Waals surface area contributed by atoms with Crippen LogP contribution in [0.3, 0.4) is 0 Å². The standard InChI is InChI=1S/C13H22N4O4/c1-9(2)21-7-5-6-14-13(18)11(4)16-10(3)8-12(15-16)17(19)20/h8-9,11H,5-7H2,1-4H3,(H,14,18). The molecule has 0 aliphatic carbocycles. The second-order valence-corrected chi connectivity index (χ2v) is 5.09. The van der Waals surface area contributed by atoms with Crippen molar-refractivity contribution in [3.05, 3.63) is 21.9 Å². The van der Waals surface area contributed by atoms with Gasteiger partial charge in [0.1, 0.15) is 6.04 Å². The number of nitrogens with zero attached hydrogens (tertiary/aromatic N) is 3. The Hall–Kier alpha value is -1.96. The van der Waals surface area contributed by atoms with Gasteiger partial charge in [0.25, 0.3) is 0 Å². The van der Waals surface area contributed by atoms with Gasteiger partial charge in [-0.1, -0.05) is 0 Å². The Labute approximate surface area is 123 Å². The lowest BCUT2D eigenvalue weighted by Gasteiger charge is -2.12. The third-order valence-electron chi connectivity index (χ3n) is 2.91. The van der Waals surface area contributed by atoms with E-state index in [2.05, 4.69) is 10.4 Å². The number of nitrogens with one attached hydrogen (secondary N) is 1. The van der Waals surface area contributed by atoms with E-state index < -0.39 is 11.0 Å². The normalized spacial score (nSPS) is 12.4. The Morgan fingerprint density at radius 1 is 1.52 bits per heavy atom. The maximum absolute atomic E-state index is 12.0. The third-order valence-corrected chi connectivity index (χ3v) is 2.91. The number of aromatic nitrogens is 2. The second-order valence-electron chi connectivity index (χ2n) is 5.09. The Kier molecular flexibility index (Phi) is 6.29. The molecule has 1 N–H and O–H groups in total. The van der Waals surface area contributed by atoms with Gasteiger partial charge in [-0.2, -0.15) is 4.68 Å². The highest BCUT2D eigenvalue weighted by atomic mass is 16.6. The summed E-state index contributed by atoms with van der Waals surface area (Å²) >= 11 is 0. The quantitative estimate of drug-likeness (QED) is 0.446. The van der Waals surface area contributed by atoms with Crippen LogP contribution in [0.25, 0.3) is 0 Å². The molecule has 8 nitrogen and oxygen atoms in total. The summed E-state index contributed by atoms with van der Waals surface area (Å²) in [5, 5.41) is 17.3. The Bertz CT molecular complexity index is 498. The summed E-state index contributed by atoms with van der Waals surface area (Å²) in [6.07, 6.45) is 0.890. The van der Waals surface area contributed by atoms with Gasteiger partial charge < -0.3 is 20.2 Å². The fourth-order valence-electron chi connectivity index (χ4n) is 1.81. The van der Waals surface area contributed by atoms with Crippen molar-refractivity contribution in [3.8, 4) is 0 Å². The molecule has 1 aromatic rings. The van der Waals surface area contributed by atoms with Crippen LogP contribution in [0.1, 0.15) is 38.9 Å². The van der Waals surface area contributed by atoms with Crippen molar-refractivity contribution in [3.63, 3.8) is 0 Å². The summed E-state index contributed by atoms with van der Waals surface area (Å²) in [6.45, 7) is 8.32. The van der Waals surface area contributed by atoms with E-state index in [0.717, 1.165) is 6.42 Å². The number of amides is 1. The number of carbonyl (C=O) groups excluding carboxylic acids is 1. The third kappa shape index (κ3) is 5.14.